The fraction of sp³-hybridized carbons (Fsp3) is 0.222. The molecule has 0 aromatic heterocycles. The van der Waals surface area contributed by atoms with Crippen molar-refractivity contribution in [2.24, 2.45) is 0 Å². The molecule has 0 saturated heterocycles. The lowest BCUT2D eigenvalue weighted by Crippen LogP contribution is -1.99. The van der Waals surface area contributed by atoms with Crippen molar-refractivity contribution >= 4 is 28.0 Å². The average Bonchev–Trinajstić information content (AvgIpc) is 2.18. The number of halogens is 1. The predicted octanol–water partition coefficient (Wildman–Crippen LogP) is 1.68. The van der Waals surface area contributed by atoms with Crippen LogP contribution in [0.4, 0.5) is 5.69 Å². The molecule has 0 aliphatic rings. The molecule has 2 N–H and O–H groups in total. The van der Waals surface area contributed by atoms with E-state index >= 15 is 0 Å². The second-order valence-corrected chi connectivity index (χ2v) is 3.20. The van der Waals surface area contributed by atoms with Crippen LogP contribution in [-0.4, -0.2) is 16.8 Å². The van der Waals surface area contributed by atoms with Crippen molar-refractivity contribution in [2.45, 2.75) is 6.10 Å². The number of aliphatic hydroxyl groups is 1. The van der Waals surface area contributed by atoms with Crippen molar-refractivity contribution < 1.29 is 9.90 Å². The lowest BCUT2D eigenvalue weighted by Gasteiger charge is -2.07. The second-order valence-electron chi connectivity index (χ2n) is 2.55. The molecule has 0 fully saturated rings. The minimum absolute atomic E-state index is 0.495. The molecule has 1 amide bonds. The molecule has 3 nitrogen and oxygen atoms in total. The lowest BCUT2D eigenvalue weighted by atomic mass is 10.1. The zero-order valence-corrected chi connectivity index (χ0v) is 8.49. The molecular formula is C9H10BrNO2. The Hall–Kier alpha value is -0.870. The van der Waals surface area contributed by atoms with Crippen LogP contribution in [0.3, 0.4) is 0 Å². The number of amides is 1. The first-order valence-corrected chi connectivity index (χ1v) is 4.94. The molecule has 0 saturated carbocycles. The molecule has 0 aliphatic heterocycles. The van der Waals surface area contributed by atoms with Crippen LogP contribution in [-0.2, 0) is 4.79 Å². The van der Waals surface area contributed by atoms with Gasteiger partial charge >= 0.3 is 0 Å². The normalized spacial score (nSPS) is 12.2. The topological polar surface area (TPSA) is 49.3 Å². The molecule has 0 bridgehead atoms. The molecule has 1 aromatic carbocycles. The lowest BCUT2D eigenvalue weighted by molar-refractivity contribution is -0.105. The summed E-state index contributed by atoms with van der Waals surface area (Å²) in [6, 6.07) is 7.04. The first-order chi connectivity index (χ1) is 6.27. The molecule has 13 heavy (non-hydrogen) atoms. The Bertz CT molecular complexity index is 273. The highest BCUT2D eigenvalue weighted by Crippen LogP contribution is 2.17. The Morgan fingerprint density at radius 1 is 1.46 bits per heavy atom. The number of hydrogen-bond donors (Lipinski definition) is 2. The molecule has 1 atom stereocenters. The highest BCUT2D eigenvalue weighted by atomic mass is 79.9. The van der Waals surface area contributed by atoms with E-state index in [0.29, 0.717) is 11.7 Å². The van der Waals surface area contributed by atoms with E-state index in [2.05, 4.69) is 21.2 Å². The Labute approximate surface area is 84.9 Å². The predicted molar refractivity (Wildman–Crippen MR) is 54.9 cm³/mol. The number of carbonyl (C=O) groups excluding carboxylic acids is 1. The molecule has 1 aromatic rings. The minimum Gasteiger partial charge on any atom is -0.388 e. The van der Waals surface area contributed by atoms with Gasteiger partial charge in [0.15, 0.2) is 0 Å². The van der Waals surface area contributed by atoms with E-state index < -0.39 is 6.10 Å². The molecular weight excluding hydrogens is 234 g/mol. The summed E-state index contributed by atoms with van der Waals surface area (Å²) in [5.74, 6) is 0. The third-order valence-corrected chi connectivity index (χ3v) is 2.28. The summed E-state index contributed by atoms with van der Waals surface area (Å²) < 4.78 is 0. The van der Waals surface area contributed by atoms with Crippen LogP contribution in [0.1, 0.15) is 11.7 Å². The van der Waals surface area contributed by atoms with Gasteiger partial charge in [-0.1, -0.05) is 28.1 Å². The van der Waals surface area contributed by atoms with Gasteiger partial charge in [0.1, 0.15) is 0 Å². The summed E-state index contributed by atoms with van der Waals surface area (Å²) in [5, 5.41) is 12.4. The summed E-state index contributed by atoms with van der Waals surface area (Å²) in [5.41, 5.74) is 1.55. The largest absolute Gasteiger partial charge is 0.388 e. The number of hydrogen-bond acceptors (Lipinski definition) is 2. The molecule has 0 radical (unpaired) electrons. The highest BCUT2D eigenvalue weighted by molar-refractivity contribution is 9.09. The monoisotopic (exact) mass is 243 g/mol. The average molecular weight is 244 g/mol. The molecule has 0 spiro atoms. The van der Waals surface area contributed by atoms with Crippen molar-refractivity contribution in [1.29, 1.82) is 0 Å². The Morgan fingerprint density at radius 2 is 2.08 bits per heavy atom. The number of carbonyl (C=O) groups is 1. The van der Waals surface area contributed by atoms with E-state index in [-0.39, 0.29) is 0 Å². The second kappa shape index (κ2) is 4.99. The van der Waals surface area contributed by atoms with Crippen LogP contribution >= 0.6 is 15.9 Å². The maximum atomic E-state index is 10.1. The summed E-state index contributed by atoms with van der Waals surface area (Å²) in [6.07, 6.45) is 0.126. The number of aliphatic hydroxyl groups excluding tert-OH is 1. The fourth-order valence-electron chi connectivity index (χ4n) is 0.959. The molecule has 0 unspecified atom stereocenters. The third kappa shape index (κ3) is 2.82. The van der Waals surface area contributed by atoms with Gasteiger partial charge < -0.3 is 10.4 Å². The van der Waals surface area contributed by atoms with Crippen LogP contribution in [0, 0.1) is 0 Å². The fourth-order valence-corrected chi connectivity index (χ4v) is 1.33. The summed E-state index contributed by atoms with van der Waals surface area (Å²) in [4.78, 5) is 10.1. The van der Waals surface area contributed by atoms with Crippen LogP contribution in [0.2, 0.25) is 0 Å². The smallest absolute Gasteiger partial charge is 0.211 e. The number of alkyl halides is 1. The first-order valence-electron chi connectivity index (χ1n) is 3.82. The Balaban J connectivity index is 2.74. The molecule has 0 aliphatic carbocycles. The highest BCUT2D eigenvalue weighted by Gasteiger charge is 2.03. The van der Waals surface area contributed by atoms with Gasteiger partial charge in [-0.05, 0) is 17.7 Å². The van der Waals surface area contributed by atoms with Gasteiger partial charge in [-0.15, -0.1) is 0 Å². The van der Waals surface area contributed by atoms with Crippen molar-refractivity contribution in [3.05, 3.63) is 29.8 Å². The van der Waals surface area contributed by atoms with Crippen molar-refractivity contribution in [3.63, 3.8) is 0 Å². The van der Waals surface area contributed by atoms with E-state index in [1.807, 2.05) is 0 Å². The Morgan fingerprint density at radius 3 is 2.54 bits per heavy atom. The molecule has 4 heteroatoms. The van der Waals surface area contributed by atoms with E-state index in [9.17, 15) is 9.90 Å². The van der Waals surface area contributed by atoms with Gasteiger partial charge in [-0.25, -0.2) is 0 Å². The number of anilines is 1. The number of rotatable bonds is 4. The maximum absolute atomic E-state index is 10.1. The van der Waals surface area contributed by atoms with Crippen LogP contribution in [0.5, 0.6) is 0 Å². The maximum Gasteiger partial charge on any atom is 0.211 e. The molecule has 70 valence electrons. The summed E-state index contributed by atoms with van der Waals surface area (Å²) in [6.45, 7) is 0. The van der Waals surface area contributed by atoms with Crippen molar-refractivity contribution in [2.75, 3.05) is 10.6 Å². The molecule has 1 rings (SSSR count). The van der Waals surface area contributed by atoms with Gasteiger partial charge in [-0.2, -0.15) is 0 Å². The zero-order chi connectivity index (χ0) is 9.68. The van der Waals surface area contributed by atoms with Crippen LogP contribution in [0.15, 0.2) is 24.3 Å². The Kier molecular flexibility index (Phi) is 3.92. The number of nitrogens with one attached hydrogen (secondary N) is 1. The summed E-state index contributed by atoms with van der Waals surface area (Å²) in [7, 11) is 0. The SMILES string of the molecule is O=CNc1ccc([C@@H](O)CBr)cc1. The van der Waals surface area contributed by atoms with E-state index in [4.69, 9.17) is 0 Å². The van der Waals surface area contributed by atoms with Gasteiger partial charge in [0.25, 0.3) is 0 Å². The van der Waals surface area contributed by atoms with Crippen LogP contribution < -0.4 is 5.32 Å². The van der Waals surface area contributed by atoms with Crippen molar-refractivity contribution in [3.8, 4) is 0 Å². The van der Waals surface area contributed by atoms with Crippen molar-refractivity contribution in [1.82, 2.24) is 0 Å². The van der Waals surface area contributed by atoms with Gasteiger partial charge in [0, 0.05) is 11.0 Å². The molecule has 0 heterocycles. The van der Waals surface area contributed by atoms with Gasteiger partial charge in [-0.3, -0.25) is 4.79 Å². The quantitative estimate of drug-likeness (QED) is 0.625. The minimum atomic E-state index is -0.495. The van der Waals surface area contributed by atoms with E-state index in [1.165, 1.54) is 0 Å². The standard InChI is InChI=1S/C9H10BrNO2/c10-5-9(13)7-1-3-8(4-2-7)11-6-12/h1-4,6,9,13H,5H2,(H,11,12)/t9-/m0/s1. The number of benzene rings is 1. The van der Waals surface area contributed by atoms with Gasteiger partial charge in [0.2, 0.25) is 6.41 Å². The van der Waals surface area contributed by atoms with E-state index in [0.717, 1.165) is 11.3 Å². The zero-order valence-electron chi connectivity index (χ0n) is 6.90. The summed E-state index contributed by atoms with van der Waals surface area (Å²) >= 11 is 3.18. The third-order valence-electron chi connectivity index (χ3n) is 1.67. The van der Waals surface area contributed by atoms with Gasteiger partial charge in [0.05, 0.1) is 6.10 Å². The van der Waals surface area contributed by atoms with Crippen LogP contribution in [0.25, 0.3) is 0 Å². The van der Waals surface area contributed by atoms with E-state index in [1.54, 1.807) is 24.3 Å². The first kappa shape index (κ1) is 10.2.